The third kappa shape index (κ3) is 8.98. The molecule has 1 aromatic rings. The van der Waals surface area contributed by atoms with Crippen molar-refractivity contribution in [2.75, 3.05) is 40.2 Å². The van der Waals surface area contributed by atoms with Gasteiger partial charge in [0.15, 0.2) is 5.96 Å². The summed E-state index contributed by atoms with van der Waals surface area (Å²) in [5.74, 6) is 3.26. The standard InChI is InChI=1S/C17H29N3O2S.HI/c1-13(10-19-17(18-3)20-14(2)11-21-4)12-23-16-9-7-6-8-15(16)22-5;/h6-9,13-14H,10-12H2,1-5H3,(H2,18,19,20);1H. The fourth-order valence-corrected chi connectivity index (χ4v) is 3.07. The van der Waals surface area contributed by atoms with E-state index in [1.54, 1.807) is 21.3 Å². The van der Waals surface area contributed by atoms with Gasteiger partial charge in [0.1, 0.15) is 5.75 Å². The number of aliphatic imine (C=N–C) groups is 1. The predicted octanol–water partition coefficient (Wildman–Crippen LogP) is 3.24. The number of guanidine groups is 1. The minimum absolute atomic E-state index is 0. The Hall–Kier alpha value is -0.670. The van der Waals surface area contributed by atoms with Crippen LogP contribution in [0.15, 0.2) is 34.2 Å². The number of rotatable bonds is 9. The lowest BCUT2D eigenvalue weighted by Crippen LogP contribution is -2.45. The zero-order chi connectivity index (χ0) is 17.1. The monoisotopic (exact) mass is 467 g/mol. The van der Waals surface area contributed by atoms with Gasteiger partial charge in [0.25, 0.3) is 0 Å². The molecule has 24 heavy (non-hydrogen) atoms. The van der Waals surface area contributed by atoms with Crippen molar-refractivity contribution in [3.63, 3.8) is 0 Å². The molecule has 1 aromatic carbocycles. The van der Waals surface area contributed by atoms with Crippen LogP contribution in [-0.4, -0.2) is 52.2 Å². The SMILES string of the molecule is CN=C(NCC(C)CSc1ccccc1OC)NC(C)COC.I. The number of hydrogen-bond donors (Lipinski definition) is 2. The lowest BCUT2D eigenvalue weighted by molar-refractivity contribution is 0.179. The highest BCUT2D eigenvalue weighted by Crippen LogP contribution is 2.29. The molecule has 2 atom stereocenters. The van der Waals surface area contributed by atoms with Gasteiger partial charge in [-0.25, -0.2) is 0 Å². The number of halogens is 1. The highest BCUT2D eigenvalue weighted by molar-refractivity contribution is 14.0. The average Bonchev–Trinajstić information content (AvgIpc) is 2.57. The number of methoxy groups -OCH3 is 2. The van der Waals surface area contributed by atoms with E-state index in [4.69, 9.17) is 9.47 Å². The largest absolute Gasteiger partial charge is 0.496 e. The minimum atomic E-state index is 0. The van der Waals surface area contributed by atoms with Crippen molar-refractivity contribution >= 4 is 41.7 Å². The average molecular weight is 467 g/mol. The van der Waals surface area contributed by atoms with Gasteiger partial charge in [-0.3, -0.25) is 4.99 Å². The molecule has 0 saturated heterocycles. The zero-order valence-electron chi connectivity index (χ0n) is 15.2. The van der Waals surface area contributed by atoms with Crippen LogP contribution in [0.25, 0.3) is 0 Å². The van der Waals surface area contributed by atoms with E-state index in [9.17, 15) is 0 Å². The number of ether oxygens (including phenoxy) is 2. The zero-order valence-corrected chi connectivity index (χ0v) is 18.3. The van der Waals surface area contributed by atoms with Crippen LogP contribution in [0.2, 0.25) is 0 Å². The van der Waals surface area contributed by atoms with E-state index in [0.29, 0.717) is 12.5 Å². The van der Waals surface area contributed by atoms with E-state index >= 15 is 0 Å². The maximum atomic E-state index is 5.38. The first-order valence-electron chi connectivity index (χ1n) is 7.82. The summed E-state index contributed by atoms with van der Waals surface area (Å²) in [7, 11) is 5.19. The Morgan fingerprint density at radius 2 is 1.96 bits per heavy atom. The van der Waals surface area contributed by atoms with Crippen LogP contribution in [0, 0.1) is 5.92 Å². The molecule has 1 rings (SSSR count). The number of para-hydroxylation sites is 1. The Morgan fingerprint density at radius 1 is 1.25 bits per heavy atom. The number of hydrogen-bond acceptors (Lipinski definition) is 4. The van der Waals surface area contributed by atoms with Gasteiger partial charge in [0.2, 0.25) is 0 Å². The normalized spacial score (nSPS) is 13.6. The summed E-state index contributed by atoms with van der Waals surface area (Å²) < 4.78 is 10.5. The van der Waals surface area contributed by atoms with Crippen molar-refractivity contribution in [3.05, 3.63) is 24.3 Å². The van der Waals surface area contributed by atoms with Crippen molar-refractivity contribution in [3.8, 4) is 5.75 Å². The molecular formula is C17H30IN3O2S. The smallest absolute Gasteiger partial charge is 0.191 e. The first-order chi connectivity index (χ1) is 11.1. The molecule has 0 heterocycles. The maximum Gasteiger partial charge on any atom is 0.191 e. The molecular weight excluding hydrogens is 437 g/mol. The molecule has 2 unspecified atom stereocenters. The maximum absolute atomic E-state index is 5.38. The van der Waals surface area contributed by atoms with Gasteiger partial charge in [0.05, 0.1) is 13.7 Å². The summed E-state index contributed by atoms with van der Waals surface area (Å²) in [6.45, 7) is 5.81. The lowest BCUT2D eigenvalue weighted by Gasteiger charge is -2.19. The molecule has 138 valence electrons. The second-order valence-electron chi connectivity index (χ2n) is 5.52. The fourth-order valence-electron chi connectivity index (χ4n) is 2.02. The molecule has 0 saturated carbocycles. The Morgan fingerprint density at radius 3 is 2.58 bits per heavy atom. The number of nitrogens with zero attached hydrogens (tertiary/aromatic N) is 1. The molecule has 0 amide bonds. The topological polar surface area (TPSA) is 54.9 Å². The van der Waals surface area contributed by atoms with Crippen LogP contribution in [0.5, 0.6) is 5.75 Å². The fraction of sp³-hybridized carbons (Fsp3) is 0.588. The van der Waals surface area contributed by atoms with Crippen molar-refractivity contribution in [2.45, 2.75) is 24.8 Å². The molecule has 0 aliphatic carbocycles. The van der Waals surface area contributed by atoms with Crippen molar-refractivity contribution in [1.82, 2.24) is 10.6 Å². The molecule has 0 aromatic heterocycles. The molecule has 7 heteroatoms. The van der Waals surface area contributed by atoms with E-state index in [1.165, 1.54) is 4.90 Å². The molecule has 5 nitrogen and oxygen atoms in total. The number of benzene rings is 1. The summed E-state index contributed by atoms with van der Waals surface area (Å²) >= 11 is 1.82. The second kappa shape index (κ2) is 13.6. The summed E-state index contributed by atoms with van der Waals surface area (Å²) in [5, 5.41) is 6.66. The van der Waals surface area contributed by atoms with E-state index in [-0.39, 0.29) is 30.0 Å². The van der Waals surface area contributed by atoms with Crippen molar-refractivity contribution in [1.29, 1.82) is 0 Å². The van der Waals surface area contributed by atoms with Gasteiger partial charge in [0, 0.05) is 37.4 Å². The predicted molar refractivity (Wildman–Crippen MR) is 114 cm³/mol. The van der Waals surface area contributed by atoms with Crippen molar-refractivity contribution in [2.24, 2.45) is 10.9 Å². The quantitative estimate of drug-likeness (QED) is 0.253. The Labute approximate surface area is 167 Å². The van der Waals surface area contributed by atoms with E-state index in [2.05, 4.69) is 35.5 Å². The number of nitrogens with one attached hydrogen (secondary N) is 2. The van der Waals surface area contributed by atoms with E-state index < -0.39 is 0 Å². The van der Waals surface area contributed by atoms with Crippen LogP contribution in [0.3, 0.4) is 0 Å². The van der Waals surface area contributed by atoms with Crippen LogP contribution in [0.4, 0.5) is 0 Å². The van der Waals surface area contributed by atoms with Gasteiger partial charge in [-0.15, -0.1) is 35.7 Å². The van der Waals surface area contributed by atoms with Crippen LogP contribution in [-0.2, 0) is 4.74 Å². The van der Waals surface area contributed by atoms with Crippen LogP contribution < -0.4 is 15.4 Å². The Bertz CT molecular complexity index is 489. The summed E-state index contributed by atoms with van der Waals surface area (Å²) in [5.41, 5.74) is 0. The molecule has 0 fully saturated rings. The number of thioether (sulfide) groups is 1. The first-order valence-corrected chi connectivity index (χ1v) is 8.81. The van der Waals surface area contributed by atoms with Crippen LogP contribution in [0.1, 0.15) is 13.8 Å². The van der Waals surface area contributed by atoms with Crippen molar-refractivity contribution < 1.29 is 9.47 Å². The summed E-state index contributed by atoms with van der Waals surface area (Å²) in [6.07, 6.45) is 0. The molecule has 2 N–H and O–H groups in total. The molecule has 0 aliphatic heterocycles. The van der Waals surface area contributed by atoms with Gasteiger partial charge in [-0.2, -0.15) is 0 Å². The van der Waals surface area contributed by atoms with Crippen LogP contribution >= 0.6 is 35.7 Å². The van der Waals surface area contributed by atoms with Gasteiger partial charge in [-0.05, 0) is 25.0 Å². The van der Waals surface area contributed by atoms with E-state index in [0.717, 1.165) is 24.0 Å². The second-order valence-corrected chi connectivity index (χ2v) is 6.58. The van der Waals surface area contributed by atoms with Gasteiger partial charge < -0.3 is 20.1 Å². The first kappa shape index (κ1) is 23.3. The Balaban J connectivity index is 0.00000529. The summed E-state index contributed by atoms with van der Waals surface area (Å²) in [4.78, 5) is 5.42. The molecule has 0 spiro atoms. The van der Waals surface area contributed by atoms with Gasteiger partial charge in [-0.1, -0.05) is 19.1 Å². The minimum Gasteiger partial charge on any atom is -0.496 e. The summed E-state index contributed by atoms with van der Waals surface area (Å²) in [6, 6.07) is 8.34. The van der Waals surface area contributed by atoms with E-state index in [1.807, 2.05) is 30.0 Å². The highest BCUT2D eigenvalue weighted by Gasteiger charge is 2.09. The van der Waals surface area contributed by atoms with Gasteiger partial charge >= 0.3 is 0 Å². The Kier molecular flexibility index (Phi) is 13.2. The molecule has 0 bridgehead atoms. The third-order valence-electron chi connectivity index (χ3n) is 3.23. The lowest BCUT2D eigenvalue weighted by atomic mass is 10.2. The third-order valence-corrected chi connectivity index (χ3v) is 4.62. The molecule has 0 radical (unpaired) electrons. The highest BCUT2D eigenvalue weighted by atomic mass is 127. The molecule has 0 aliphatic rings.